The van der Waals surface area contributed by atoms with Crippen LogP contribution in [-0.4, -0.2) is 23.5 Å². The largest absolute Gasteiger partial charge is 0.371 e. The molecule has 1 aromatic heterocycles. The summed E-state index contributed by atoms with van der Waals surface area (Å²) >= 11 is 0. The number of carbonyl (C=O) groups is 1. The number of rotatable bonds is 4. The van der Waals surface area contributed by atoms with Crippen LogP contribution >= 0.6 is 0 Å². The number of pyridine rings is 1. The van der Waals surface area contributed by atoms with E-state index >= 15 is 0 Å². The molecule has 0 saturated heterocycles. The van der Waals surface area contributed by atoms with Gasteiger partial charge in [0, 0.05) is 23.8 Å². The fourth-order valence-corrected chi connectivity index (χ4v) is 1.79. The van der Waals surface area contributed by atoms with Crippen molar-refractivity contribution < 1.29 is 9.53 Å². The molecule has 0 bridgehead atoms. The molecule has 1 atom stereocenters. The monoisotopic (exact) mass is 229 g/mol. The van der Waals surface area contributed by atoms with E-state index in [9.17, 15) is 4.79 Å². The highest BCUT2D eigenvalue weighted by Gasteiger charge is 2.15. The lowest BCUT2D eigenvalue weighted by atomic mass is 10.0. The van der Waals surface area contributed by atoms with Crippen LogP contribution in [0.15, 0.2) is 36.5 Å². The van der Waals surface area contributed by atoms with Crippen molar-refractivity contribution in [2.24, 2.45) is 0 Å². The average molecular weight is 229 g/mol. The molecule has 3 nitrogen and oxygen atoms in total. The lowest BCUT2D eigenvalue weighted by Gasteiger charge is -2.10. The first-order valence-corrected chi connectivity index (χ1v) is 5.73. The van der Waals surface area contributed by atoms with Crippen molar-refractivity contribution in [1.29, 1.82) is 0 Å². The molecule has 3 heteroatoms. The molecule has 0 N–H and O–H groups in total. The molecular formula is C14H15NO2. The maximum absolute atomic E-state index is 12.0. The lowest BCUT2D eigenvalue weighted by molar-refractivity contribution is 0.0521. The fourth-order valence-electron chi connectivity index (χ4n) is 1.79. The minimum absolute atomic E-state index is 0.0117. The van der Waals surface area contributed by atoms with Gasteiger partial charge in [-0.3, -0.25) is 9.78 Å². The van der Waals surface area contributed by atoms with E-state index in [1.54, 1.807) is 19.2 Å². The number of ether oxygens (including phenoxy) is 1. The smallest absolute Gasteiger partial charge is 0.191 e. The van der Waals surface area contributed by atoms with Crippen molar-refractivity contribution in [2.75, 3.05) is 6.61 Å². The molecule has 0 radical (unpaired) electrons. The van der Waals surface area contributed by atoms with E-state index in [1.165, 1.54) is 0 Å². The summed E-state index contributed by atoms with van der Waals surface area (Å²) in [6, 6.07) is 9.33. The summed E-state index contributed by atoms with van der Waals surface area (Å²) in [5.41, 5.74) is 1.57. The third kappa shape index (κ3) is 2.50. The second-order valence-corrected chi connectivity index (χ2v) is 3.87. The Balaban J connectivity index is 2.33. The molecule has 17 heavy (non-hydrogen) atoms. The highest BCUT2D eigenvalue weighted by atomic mass is 16.5. The van der Waals surface area contributed by atoms with Gasteiger partial charge in [0.2, 0.25) is 0 Å². The Morgan fingerprint density at radius 2 is 2.24 bits per heavy atom. The van der Waals surface area contributed by atoms with E-state index < -0.39 is 6.10 Å². The quantitative estimate of drug-likeness (QED) is 0.757. The fraction of sp³-hybridized carbons (Fsp3) is 0.286. The predicted molar refractivity (Wildman–Crippen MR) is 67.2 cm³/mol. The molecule has 0 saturated carbocycles. The first-order valence-electron chi connectivity index (χ1n) is 5.73. The molecule has 1 heterocycles. The van der Waals surface area contributed by atoms with Gasteiger partial charge in [0.05, 0.1) is 5.52 Å². The first kappa shape index (κ1) is 11.7. The van der Waals surface area contributed by atoms with Gasteiger partial charge in [-0.15, -0.1) is 0 Å². The number of carbonyl (C=O) groups excluding carboxylic acids is 1. The predicted octanol–water partition coefficient (Wildman–Crippen LogP) is 2.84. The van der Waals surface area contributed by atoms with E-state index in [0.29, 0.717) is 12.2 Å². The van der Waals surface area contributed by atoms with Crippen LogP contribution in [0.5, 0.6) is 0 Å². The summed E-state index contributed by atoms with van der Waals surface area (Å²) in [6.45, 7) is 4.20. The van der Waals surface area contributed by atoms with E-state index in [-0.39, 0.29) is 5.78 Å². The SMILES string of the molecule is CCOC(C)C(=O)c1ccc2ncccc2c1. The Labute approximate surface area is 100 Å². The van der Waals surface area contributed by atoms with Crippen LogP contribution in [0.3, 0.4) is 0 Å². The Morgan fingerprint density at radius 3 is 3.00 bits per heavy atom. The summed E-state index contributed by atoms with van der Waals surface area (Å²) < 4.78 is 5.30. The van der Waals surface area contributed by atoms with Gasteiger partial charge >= 0.3 is 0 Å². The van der Waals surface area contributed by atoms with Gasteiger partial charge < -0.3 is 4.74 Å². The molecule has 2 rings (SSSR count). The maximum Gasteiger partial charge on any atom is 0.191 e. The van der Waals surface area contributed by atoms with Crippen molar-refractivity contribution in [1.82, 2.24) is 4.98 Å². The molecule has 2 aromatic rings. The summed E-state index contributed by atoms with van der Waals surface area (Å²) in [5.74, 6) is 0.0117. The van der Waals surface area contributed by atoms with Crippen LogP contribution in [0.4, 0.5) is 0 Å². The maximum atomic E-state index is 12.0. The third-order valence-corrected chi connectivity index (χ3v) is 2.67. The van der Waals surface area contributed by atoms with E-state index in [2.05, 4.69) is 4.98 Å². The van der Waals surface area contributed by atoms with Crippen molar-refractivity contribution in [3.8, 4) is 0 Å². The average Bonchev–Trinajstić information content (AvgIpc) is 2.37. The van der Waals surface area contributed by atoms with E-state index in [1.807, 2.05) is 31.2 Å². The number of hydrogen-bond donors (Lipinski definition) is 0. The highest BCUT2D eigenvalue weighted by molar-refractivity contribution is 6.01. The van der Waals surface area contributed by atoms with Gasteiger partial charge in [-0.05, 0) is 38.1 Å². The molecule has 1 aromatic carbocycles. The molecule has 0 aliphatic carbocycles. The van der Waals surface area contributed by atoms with Crippen molar-refractivity contribution >= 4 is 16.7 Å². The summed E-state index contributed by atoms with van der Waals surface area (Å²) in [6.07, 6.45) is 1.35. The zero-order chi connectivity index (χ0) is 12.3. The second-order valence-electron chi connectivity index (χ2n) is 3.87. The number of Topliss-reactive ketones (excluding diaryl/α,β-unsaturated/α-hetero) is 1. The second kappa shape index (κ2) is 5.06. The van der Waals surface area contributed by atoms with Gasteiger partial charge in [-0.1, -0.05) is 6.07 Å². The Kier molecular flexibility index (Phi) is 3.49. The van der Waals surface area contributed by atoms with Gasteiger partial charge in [-0.25, -0.2) is 0 Å². The van der Waals surface area contributed by atoms with Crippen molar-refractivity contribution in [3.05, 3.63) is 42.1 Å². The number of fused-ring (bicyclic) bond motifs is 1. The molecule has 0 spiro atoms. The van der Waals surface area contributed by atoms with Crippen LogP contribution in [0.25, 0.3) is 10.9 Å². The van der Waals surface area contributed by atoms with E-state index in [4.69, 9.17) is 4.74 Å². The third-order valence-electron chi connectivity index (χ3n) is 2.67. The van der Waals surface area contributed by atoms with Crippen LogP contribution in [0.2, 0.25) is 0 Å². The van der Waals surface area contributed by atoms with Crippen molar-refractivity contribution in [3.63, 3.8) is 0 Å². The minimum Gasteiger partial charge on any atom is -0.371 e. The van der Waals surface area contributed by atoms with Gasteiger partial charge in [0.1, 0.15) is 6.10 Å². The zero-order valence-corrected chi connectivity index (χ0v) is 10.0. The Hall–Kier alpha value is -1.74. The Morgan fingerprint density at radius 1 is 1.41 bits per heavy atom. The minimum atomic E-state index is -0.394. The van der Waals surface area contributed by atoms with Crippen LogP contribution in [0, 0.1) is 0 Å². The highest BCUT2D eigenvalue weighted by Crippen LogP contribution is 2.15. The molecule has 0 amide bonds. The normalized spacial score (nSPS) is 12.6. The van der Waals surface area contributed by atoms with Crippen molar-refractivity contribution in [2.45, 2.75) is 20.0 Å². The number of hydrogen-bond acceptors (Lipinski definition) is 3. The van der Waals surface area contributed by atoms with Gasteiger partial charge in [0.25, 0.3) is 0 Å². The van der Waals surface area contributed by atoms with Crippen LogP contribution in [-0.2, 0) is 4.74 Å². The summed E-state index contributed by atoms with van der Waals surface area (Å²) in [4.78, 5) is 16.3. The van der Waals surface area contributed by atoms with Crippen LogP contribution in [0.1, 0.15) is 24.2 Å². The molecule has 88 valence electrons. The summed E-state index contributed by atoms with van der Waals surface area (Å²) in [5, 5.41) is 0.974. The van der Waals surface area contributed by atoms with Crippen LogP contribution < -0.4 is 0 Å². The van der Waals surface area contributed by atoms with Gasteiger partial charge in [-0.2, -0.15) is 0 Å². The zero-order valence-electron chi connectivity index (χ0n) is 10.0. The molecule has 1 unspecified atom stereocenters. The summed E-state index contributed by atoms with van der Waals surface area (Å²) in [7, 11) is 0. The molecular weight excluding hydrogens is 214 g/mol. The molecule has 0 aliphatic rings. The standard InChI is InChI=1S/C14H15NO2/c1-3-17-10(2)14(16)12-6-7-13-11(9-12)5-4-8-15-13/h4-10H,3H2,1-2H3. The molecule has 0 fully saturated rings. The van der Waals surface area contributed by atoms with E-state index in [0.717, 1.165) is 10.9 Å². The first-order chi connectivity index (χ1) is 8.22. The topological polar surface area (TPSA) is 39.2 Å². The molecule has 0 aliphatic heterocycles. The Bertz CT molecular complexity index is 536. The van der Waals surface area contributed by atoms with Gasteiger partial charge in [0.15, 0.2) is 5.78 Å². The number of aromatic nitrogens is 1. The lowest BCUT2D eigenvalue weighted by Crippen LogP contribution is -2.20. The number of ketones is 1. The number of nitrogens with zero attached hydrogens (tertiary/aromatic N) is 1. The number of benzene rings is 1.